The highest BCUT2D eigenvalue weighted by molar-refractivity contribution is 7.09. The molecule has 2 nitrogen and oxygen atoms in total. The van der Waals surface area contributed by atoms with E-state index in [1.807, 2.05) is 17.6 Å². The van der Waals surface area contributed by atoms with Gasteiger partial charge in [0.15, 0.2) is 0 Å². The molecule has 0 saturated heterocycles. The lowest BCUT2D eigenvalue weighted by Crippen LogP contribution is -2.26. The molecular formula is C17H21ClN2S. The fraction of sp³-hybridized carbons (Fsp3) is 0.471. The van der Waals surface area contributed by atoms with Gasteiger partial charge in [0.25, 0.3) is 0 Å². The van der Waals surface area contributed by atoms with Gasteiger partial charge in [0.05, 0.1) is 11.2 Å². The smallest absolute Gasteiger partial charge is 0.0798 e. The number of hydrogen-bond acceptors (Lipinski definition) is 3. The largest absolute Gasteiger partial charge is 0.302 e. The highest BCUT2D eigenvalue weighted by atomic mass is 35.5. The monoisotopic (exact) mass is 320 g/mol. The Morgan fingerprint density at radius 1 is 1.33 bits per heavy atom. The Hall–Kier alpha value is -0.900. The van der Waals surface area contributed by atoms with Gasteiger partial charge in [0, 0.05) is 22.0 Å². The molecule has 1 N–H and O–H groups in total. The minimum atomic E-state index is 0.325. The van der Waals surface area contributed by atoms with E-state index in [1.54, 1.807) is 11.3 Å². The topological polar surface area (TPSA) is 24.9 Å². The molecular weight excluding hydrogens is 300 g/mol. The van der Waals surface area contributed by atoms with Gasteiger partial charge < -0.3 is 5.32 Å². The third-order valence-corrected chi connectivity index (χ3v) is 5.80. The van der Waals surface area contributed by atoms with E-state index < -0.39 is 0 Å². The van der Waals surface area contributed by atoms with Gasteiger partial charge in [-0.05, 0) is 49.8 Å². The average Bonchev–Trinajstić information content (AvgIpc) is 3.01. The zero-order valence-electron chi connectivity index (χ0n) is 12.6. The third-order valence-electron chi connectivity index (χ3n) is 4.43. The molecule has 0 amide bonds. The summed E-state index contributed by atoms with van der Waals surface area (Å²) in [6.45, 7) is 6.65. The van der Waals surface area contributed by atoms with Crippen molar-refractivity contribution in [1.29, 1.82) is 0 Å². The van der Waals surface area contributed by atoms with E-state index in [1.165, 1.54) is 16.9 Å². The van der Waals surface area contributed by atoms with Crippen molar-refractivity contribution in [2.75, 3.05) is 0 Å². The summed E-state index contributed by atoms with van der Waals surface area (Å²) in [6, 6.07) is 9.00. The molecule has 0 unspecified atom stereocenters. The highest BCUT2D eigenvalue weighted by Crippen LogP contribution is 2.48. The quantitative estimate of drug-likeness (QED) is 0.823. The maximum atomic E-state index is 6.02. The van der Waals surface area contributed by atoms with Gasteiger partial charge in [-0.25, -0.2) is 4.98 Å². The fourth-order valence-electron chi connectivity index (χ4n) is 3.02. The molecule has 21 heavy (non-hydrogen) atoms. The summed E-state index contributed by atoms with van der Waals surface area (Å²) in [5.74, 6) is 1.52. The van der Waals surface area contributed by atoms with Crippen LogP contribution in [0.3, 0.4) is 0 Å². The van der Waals surface area contributed by atoms with E-state index in [0.29, 0.717) is 12.1 Å². The first kappa shape index (κ1) is 15.0. The normalized spacial score (nSPS) is 23.8. The number of benzene rings is 1. The minimum Gasteiger partial charge on any atom is -0.302 e. The predicted octanol–water partition coefficient (Wildman–Crippen LogP) is 5.15. The Balaban J connectivity index is 1.80. The summed E-state index contributed by atoms with van der Waals surface area (Å²) in [5.41, 5.74) is 4.40. The molecule has 0 spiro atoms. The Kier molecular flexibility index (Phi) is 4.34. The lowest BCUT2D eigenvalue weighted by Gasteiger charge is -2.24. The van der Waals surface area contributed by atoms with Crippen molar-refractivity contribution in [3.8, 4) is 0 Å². The molecule has 112 valence electrons. The summed E-state index contributed by atoms with van der Waals surface area (Å²) in [5, 5.41) is 4.61. The van der Waals surface area contributed by atoms with Crippen LogP contribution in [0, 0.1) is 18.8 Å². The van der Waals surface area contributed by atoms with Crippen molar-refractivity contribution in [3.63, 3.8) is 0 Å². The summed E-state index contributed by atoms with van der Waals surface area (Å²) in [6.07, 6.45) is 1.30. The maximum absolute atomic E-state index is 6.02. The van der Waals surface area contributed by atoms with E-state index in [-0.39, 0.29) is 0 Å². The predicted molar refractivity (Wildman–Crippen MR) is 89.9 cm³/mol. The van der Waals surface area contributed by atoms with E-state index in [2.05, 4.69) is 43.2 Å². The van der Waals surface area contributed by atoms with E-state index >= 15 is 0 Å². The Bertz CT molecular complexity index is 608. The van der Waals surface area contributed by atoms with Gasteiger partial charge in [-0.3, -0.25) is 0 Å². The van der Waals surface area contributed by atoms with Crippen molar-refractivity contribution in [1.82, 2.24) is 10.3 Å². The average molecular weight is 321 g/mol. The Morgan fingerprint density at radius 3 is 2.52 bits per heavy atom. The lowest BCUT2D eigenvalue weighted by atomic mass is 10.00. The standard InChI is InChI=1S/C17H21ClN2S/c1-10-8-15(10)16(13-4-6-14(18)7-5-13)20-12(3)17-11(2)19-9-21-17/h4-7,9-10,12,15-16,20H,8H2,1-3H3/t10-,12-,15-,16+/m0/s1. The van der Waals surface area contributed by atoms with Gasteiger partial charge in [-0.2, -0.15) is 0 Å². The second-order valence-corrected chi connectivity index (χ2v) is 7.42. The lowest BCUT2D eigenvalue weighted by molar-refractivity contribution is 0.416. The van der Waals surface area contributed by atoms with Crippen molar-refractivity contribution >= 4 is 22.9 Å². The summed E-state index contributed by atoms with van der Waals surface area (Å²) in [7, 11) is 0. The van der Waals surface area contributed by atoms with Crippen LogP contribution < -0.4 is 5.32 Å². The van der Waals surface area contributed by atoms with Gasteiger partial charge in [-0.1, -0.05) is 30.7 Å². The van der Waals surface area contributed by atoms with Crippen molar-refractivity contribution in [2.24, 2.45) is 11.8 Å². The van der Waals surface area contributed by atoms with Crippen molar-refractivity contribution in [2.45, 2.75) is 39.3 Å². The third kappa shape index (κ3) is 3.31. The number of thiazole rings is 1. The molecule has 2 aromatic rings. The van der Waals surface area contributed by atoms with Crippen molar-refractivity contribution < 1.29 is 0 Å². The Labute approximate surface area is 135 Å². The zero-order chi connectivity index (χ0) is 15.0. The minimum absolute atomic E-state index is 0.325. The summed E-state index contributed by atoms with van der Waals surface area (Å²) in [4.78, 5) is 5.70. The number of aromatic nitrogens is 1. The van der Waals surface area contributed by atoms with Gasteiger partial charge in [-0.15, -0.1) is 11.3 Å². The number of aryl methyl sites for hydroxylation is 1. The van der Waals surface area contributed by atoms with Crippen LogP contribution in [-0.4, -0.2) is 4.98 Å². The first-order chi connectivity index (χ1) is 10.1. The number of hydrogen-bond donors (Lipinski definition) is 1. The van der Waals surface area contributed by atoms with E-state index in [9.17, 15) is 0 Å². The molecule has 1 saturated carbocycles. The van der Waals surface area contributed by atoms with E-state index in [4.69, 9.17) is 11.6 Å². The molecule has 1 fully saturated rings. The number of nitrogens with one attached hydrogen (secondary N) is 1. The molecule has 1 aliphatic carbocycles. The highest BCUT2D eigenvalue weighted by Gasteiger charge is 2.40. The number of nitrogens with zero attached hydrogens (tertiary/aromatic N) is 1. The zero-order valence-corrected chi connectivity index (χ0v) is 14.2. The van der Waals surface area contributed by atoms with Crippen LogP contribution in [0.4, 0.5) is 0 Å². The van der Waals surface area contributed by atoms with Gasteiger partial charge in [0.2, 0.25) is 0 Å². The van der Waals surface area contributed by atoms with Crippen molar-refractivity contribution in [3.05, 3.63) is 50.9 Å². The number of halogens is 1. The molecule has 0 aliphatic heterocycles. The molecule has 1 aliphatic rings. The van der Waals surface area contributed by atoms with E-state index in [0.717, 1.165) is 22.6 Å². The molecule has 3 rings (SSSR count). The second kappa shape index (κ2) is 6.07. The molecule has 0 radical (unpaired) electrons. The van der Waals surface area contributed by atoms with Crippen LogP contribution in [-0.2, 0) is 0 Å². The van der Waals surface area contributed by atoms with Crippen LogP contribution in [0.25, 0.3) is 0 Å². The van der Waals surface area contributed by atoms with Crippen LogP contribution in [0.15, 0.2) is 29.8 Å². The first-order valence-corrected chi connectivity index (χ1v) is 8.73. The summed E-state index contributed by atoms with van der Waals surface area (Å²) >= 11 is 7.76. The fourth-order valence-corrected chi connectivity index (χ4v) is 3.97. The number of rotatable bonds is 5. The second-order valence-electron chi connectivity index (χ2n) is 6.10. The molecule has 1 heterocycles. The Morgan fingerprint density at radius 2 is 2.00 bits per heavy atom. The molecule has 1 aromatic heterocycles. The van der Waals surface area contributed by atoms with Crippen LogP contribution in [0.5, 0.6) is 0 Å². The molecule has 4 heteroatoms. The van der Waals surface area contributed by atoms with Gasteiger partial charge in [0.1, 0.15) is 0 Å². The van der Waals surface area contributed by atoms with Crippen LogP contribution >= 0.6 is 22.9 Å². The van der Waals surface area contributed by atoms with Gasteiger partial charge >= 0.3 is 0 Å². The van der Waals surface area contributed by atoms with Crippen LogP contribution in [0.2, 0.25) is 5.02 Å². The summed E-state index contributed by atoms with van der Waals surface area (Å²) < 4.78 is 0. The van der Waals surface area contributed by atoms with Crippen LogP contribution in [0.1, 0.15) is 48.5 Å². The molecule has 1 aromatic carbocycles. The first-order valence-electron chi connectivity index (χ1n) is 7.47. The molecule has 0 bridgehead atoms. The molecule has 4 atom stereocenters. The maximum Gasteiger partial charge on any atom is 0.0798 e. The SMILES string of the molecule is Cc1ncsc1[C@H](C)N[C@H](c1ccc(Cl)cc1)[C@H]1C[C@@H]1C.